The minimum absolute atomic E-state index is 1.00. The van der Waals surface area contributed by atoms with Crippen LogP contribution in [0, 0.1) is 6.92 Å². The Bertz CT molecular complexity index is 215. The minimum atomic E-state index is 1.00. The van der Waals surface area contributed by atoms with Gasteiger partial charge in [-0.15, -0.1) is 0 Å². The first-order valence-corrected chi connectivity index (χ1v) is 5.39. The van der Waals surface area contributed by atoms with Gasteiger partial charge >= 0.3 is 0 Å². The van der Waals surface area contributed by atoms with E-state index in [1.165, 1.54) is 22.9 Å². The number of benzene rings is 1. The van der Waals surface area contributed by atoms with Crippen LogP contribution in [0.1, 0.15) is 18.4 Å². The van der Waals surface area contributed by atoms with Gasteiger partial charge < -0.3 is 4.74 Å². The molecular weight excluding hydrogens is 228 g/mol. The zero-order valence-electron chi connectivity index (χ0n) is 7.92. The minimum Gasteiger partial charge on any atom is -0.381 e. The summed E-state index contributed by atoms with van der Waals surface area (Å²) in [6.45, 7) is 4.07. The van der Waals surface area contributed by atoms with Crippen LogP contribution in [0.15, 0.2) is 28.7 Å². The van der Waals surface area contributed by atoms with Gasteiger partial charge in [0.2, 0.25) is 0 Å². The van der Waals surface area contributed by atoms with Gasteiger partial charge in [0.05, 0.1) is 0 Å². The lowest BCUT2D eigenvalue weighted by Gasteiger charge is -1.91. The Hall–Kier alpha value is -0.340. The van der Waals surface area contributed by atoms with Crippen LogP contribution in [0.25, 0.3) is 0 Å². The number of rotatable bonds is 0. The Balaban J connectivity index is 0.000000145. The fraction of sp³-hybridized carbons (Fsp3) is 0.455. The van der Waals surface area contributed by atoms with E-state index in [0.29, 0.717) is 0 Å². The smallest absolute Gasteiger partial charge is 0.0466 e. The van der Waals surface area contributed by atoms with Crippen molar-refractivity contribution in [1.29, 1.82) is 0 Å². The van der Waals surface area contributed by atoms with E-state index in [2.05, 4.69) is 28.9 Å². The summed E-state index contributed by atoms with van der Waals surface area (Å²) < 4.78 is 6.12. The summed E-state index contributed by atoms with van der Waals surface area (Å²) in [5.41, 5.74) is 1.28. The molecule has 13 heavy (non-hydrogen) atoms. The Labute approximate surface area is 88.2 Å². The molecule has 1 aliphatic heterocycles. The van der Waals surface area contributed by atoms with Crippen molar-refractivity contribution in [3.63, 3.8) is 0 Å². The molecule has 1 fully saturated rings. The largest absolute Gasteiger partial charge is 0.381 e. The van der Waals surface area contributed by atoms with Crippen LogP contribution in [0.5, 0.6) is 0 Å². The molecule has 1 aromatic carbocycles. The van der Waals surface area contributed by atoms with Crippen LogP contribution < -0.4 is 0 Å². The van der Waals surface area contributed by atoms with Crippen molar-refractivity contribution >= 4 is 15.9 Å². The van der Waals surface area contributed by atoms with Crippen LogP contribution in [0.2, 0.25) is 0 Å². The van der Waals surface area contributed by atoms with E-state index in [-0.39, 0.29) is 0 Å². The lowest BCUT2D eigenvalue weighted by atomic mass is 10.2. The second-order valence-electron chi connectivity index (χ2n) is 3.07. The quantitative estimate of drug-likeness (QED) is 0.677. The Kier molecular flexibility index (Phi) is 5.09. The molecule has 0 bridgehead atoms. The average molecular weight is 243 g/mol. The van der Waals surface area contributed by atoms with E-state index >= 15 is 0 Å². The highest BCUT2D eigenvalue weighted by atomic mass is 79.9. The predicted octanol–water partition coefficient (Wildman–Crippen LogP) is 3.55. The second kappa shape index (κ2) is 6.17. The monoisotopic (exact) mass is 242 g/mol. The van der Waals surface area contributed by atoms with E-state index < -0.39 is 0 Å². The first-order valence-electron chi connectivity index (χ1n) is 4.59. The maximum Gasteiger partial charge on any atom is 0.0466 e. The standard InChI is InChI=1S/C7H7Br.C4H8O/c1-6-4-2-3-5-7(6)8;1-2-4-5-3-1/h2-5H,1H3;1-4H2. The molecule has 1 heterocycles. The van der Waals surface area contributed by atoms with E-state index in [0.717, 1.165) is 13.2 Å². The first kappa shape index (κ1) is 10.7. The first-order chi connectivity index (χ1) is 6.30. The van der Waals surface area contributed by atoms with Crippen LogP contribution in [-0.4, -0.2) is 13.2 Å². The van der Waals surface area contributed by atoms with Gasteiger partial charge in [-0.2, -0.15) is 0 Å². The molecule has 1 saturated heterocycles. The number of hydrogen-bond acceptors (Lipinski definition) is 1. The Morgan fingerprint density at radius 1 is 1.15 bits per heavy atom. The highest BCUT2D eigenvalue weighted by molar-refractivity contribution is 9.10. The molecule has 0 N–H and O–H groups in total. The maximum absolute atomic E-state index is 4.94. The van der Waals surface area contributed by atoms with Gasteiger partial charge in [-0.05, 0) is 31.4 Å². The van der Waals surface area contributed by atoms with Gasteiger partial charge in [0, 0.05) is 17.7 Å². The third kappa shape index (κ3) is 4.44. The molecule has 2 heteroatoms. The summed E-state index contributed by atoms with van der Waals surface area (Å²) in [6, 6.07) is 8.15. The SMILES string of the molecule is C1CCOC1.Cc1ccccc1Br. The normalized spacial score (nSPS) is 14.9. The zero-order chi connectivity index (χ0) is 9.52. The molecule has 0 aliphatic carbocycles. The highest BCUT2D eigenvalue weighted by Gasteiger charge is 1.94. The third-order valence-corrected chi connectivity index (χ3v) is 2.79. The van der Waals surface area contributed by atoms with Crippen LogP contribution in [-0.2, 0) is 4.74 Å². The fourth-order valence-electron chi connectivity index (χ4n) is 1.06. The molecule has 72 valence electrons. The van der Waals surface area contributed by atoms with Crippen LogP contribution >= 0.6 is 15.9 Å². The molecular formula is C11H15BrO. The second-order valence-corrected chi connectivity index (χ2v) is 3.92. The van der Waals surface area contributed by atoms with E-state index in [9.17, 15) is 0 Å². The van der Waals surface area contributed by atoms with Crippen molar-refractivity contribution in [3.8, 4) is 0 Å². The summed E-state index contributed by atoms with van der Waals surface area (Å²) in [6.07, 6.45) is 2.56. The van der Waals surface area contributed by atoms with Crippen LogP contribution in [0.4, 0.5) is 0 Å². The number of ether oxygens (including phenoxy) is 1. The zero-order valence-corrected chi connectivity index (χ0v) is 9.51. The Morgan fingerprint density at radius 2 is 1.77 bits per heavy atom. The van der Waals surface area contributed by atoms with Crippen LogP contribution in [0.3, 0.4) is 0 Å². The molecule has 0 amide bonds. The Morgan fingerprint density at radius 3 is 2.08 bits per heavy atom. The topological polar surface area (TPSA) is 9.23 Å². The molecule has 1 aromatic rings. The highest BCUT2D eigenvalue weighted by Crippen LogP contribution is 2.13. The summed E-state index contributed by atoms with van der Waals surface area (Å²) in [5.74, 6) is 0. The lowest BCUT2D eigenvalue weighted by Crippen LogP contribution is -1.74. The summed E-state index contributed by atoms with van der Waals surface area (Å²) in [4.78, 5) is 0. The molecule has 0 spiro atoms. The predicted molar refractivity (Wildman–Crippen MR) is 58.9 cm³/mol. The lowest BCUT2D eigenvalue weighted by molar-refractivity contribution is 0.198. The maximum atomic E-state index is 4.94. The summed E-state index contributed by atoms with van der Waals surface area (Å²) in [5, 5.41) is 0. The molecule has 0 radical (unpaired) electrons. The van der Waals surface area contributed by atoms with Crippen molar-refractivity contribution < 1.29 is 4.74 Å². The van der Waals surface area contributed by atoms with Gasteiger partial charge in [-0.1, -0.05) is 34.1 Å². The molecule has 1 aliphatic rings. The molecule has 0 atom stereocenters. The average Bonchev–Trinajstić information content (AvgIpc) is 2.68. The third-order valence-electron chi connectivity index (χ3n) is 1.90. The van der Waals surface area contributed by atoms with Gasteiger partial charge in [0.25, 0.3) is 0 Å². The molecule has 0 unspecified atom stereocenters. The molecule has 0 saturated carbocycles. The number of hydrogen-bond donors (Lipinski definition) is 0. The van der Waals surface area contributed by atoms with Gasteiger partial charge in [0.1, 0.15) is 0 Å². The van der Waals surface area contributed by atoms with Crippen molar-refractivity contribution in [3.05, 3.63) is 34.3 Å². The van der Waals surface area contributed by atoms with Crippen molar-refractivity contribution in [2.24, 2.45) is 0 Å². The summed E-state index contributed by atoms with van der Waals surface area (Å²) in [7, 11) is 0. The van der Waals surface area contributed by atoms with E-state index in [4.69, 9.17) is 4.74 Å². The van der Waals surface area contributed by atoms with Crippen molar-refractivity contribution in [2.45, 2.75) is 19.8 Å². The van der Waals surface area contributed by atoms with Crippen molar-refractivity contribution in [2.75, 3.05) is 13.2 Å². The van der Waals surface area contributed by atoms with E-state index in [1.807, 2.05) is 18.2 Å². The number of halogens is 1. The van der Waals surface area contributed by atoms with E-state index in [1.54, 1.807) is 0 Å². The van der Waals surface area contributed by atoms with Crippen molar-refractivity contribution in [1.82, 2.24) is 0 Å². The molecule has 2 rings (SSSR count). The van der Waals surface area contributed by atoms with Gasteiger partial charge in [-0.25, -0.2) is 0 Å². The summed E-state index contributed by atoms with van der Waals surface area (Å²) >= 11 is 3.40. The van der Waals surface area contributed by atoms with Gasteiger partial charge in [0.15, 0.2) is 0 Å². The van der Waals surface area contributed by atoms with Gasteiger partial charge in [-0.3, -0.25) is 0 Å². The fourth-order valence-corrected chi connectivity index (χ4v) is 1.35. The molecule has 0 aromatic heterocycles. The number of aryl methyl sites for hydroxylation is 1. The molecule has 1 nitrogen and oxygen atoms in total.